The SMILES string of the molecule is Cc1c(NC(=O)C(C)(C)C)cc2sc(N)nc2c1C. The molecule has 2 aromatic rings. The van der Waals surface area contributed by atoms with Crippen molar-refractivity contribution >= 4 is 38.3 Å². The van der Waals surface area contributed by atoms with Gasteiger partial charge in [0.1, 0.15) is 0 Å². The van der Waals surface area contributed by atoms with E-state index in [0.717, 1.165) is 27.0 Å². The van der Waals surface area contributed by atoms with Crippen LogP contribution in [0.15, 0.2) is 6.07 Å². The second-order valence-corrected chi connectivity index (χ2v) is 6.84. The molecule has 2 rings (SSSR count). The van der Waals surface area contributed by atoms with Gasteiger partial charge in [0.15, 0.2) is 5.13 Å². The molecule has 0 aliphatic rings. The first-order chi connectivity index (χ1) is 8.70. The number of fused-ring (bicyclic) bond motifs is 1. The van der Waals surface area contributed by atoms with Crippen LogP contribution in [-0.2, 0) is 4.79 Å². The van der Waals surface area contributed by atoms with Crippen molar-refractivity contribution in [2.24, 2.45) is 5.41 Å². The highest BCUT2D eigenvalue weighted by Gasteiger charge is 2.22. The summed E-state index contributed by atoms with van der Waals surface area (Å²) in [6.45, 7) is 9.68. The number of anilines is 2. The van der Waals surface area contributed by atoms with Crippen molar-refractivity contribution in [2.75, 3.05) is 11.1 Å². The Hall–Kier alpha value is -1.62. The lowest BCUT2D eigenvalue weighted by molar-refractivity contribution is -0.123. The minimum absolute atomic E-state index is 0.00633. The van der Waals surface area contributed by atoms with Crippen LogP contribution in [0.5, 0.6) is 0 Å². The molecular formula is C14H19N3OS. The van der Waals surface area contributed by atoms with Crippen LogP contribution >= 0.6 is 11.3 Å². The number of benzene rings is 1. The first-order valence-corrected chi connectivity index (χ1v) is 6.99. The smallest absolute Gasteiger partial charge is 0.229 e. The van der Waals surface area contributed by atoms with E-state index >= 15 is 0 Å². The molecule has 102 valence electrons. The van der Waals surface area contributed by atoms with Crippen LogP contribution in [0.4, 0.5) is 10.8 Å². The molecule has 0 aliphatic heterocycles. The van der Waals surface area contributed by atoms with Gasteiger partial charge in [0.25, 0.3) is 0 Å². The van der Waals surface area contributed by atoms with Crippen molar-refractivity contribution < 1.29 is 4.79 Å². The summed E-state index contributed by atoms with van der Waals surface area (Å²) in [5, 5.41) is 3.54. The van der Waals surface area contributed by atoms with Gasteiger partial charge in [-0.2, -0.15) is 0 Å². The number of aromatic nitrogens is 1. The largest absolute Gasteiger partial charge is 0.375 e. The van der Waals surface area contributed by atoms with E-state index in [-0.39, 0.29) is 5.91 Å². The molecule has 0 spiro atoms. The number of rotatable bonds is 1. The first-order valence-electron chi connectivity index (χ1n) is 6.18. The van der Waals surface area contributed by atoms with E-state index in [1.165, 1.54) is 11.3 Å². The first kappa shape index (κ1) is 13.8. The number of nitrogen functional groups attached to an aromatic ring is 1. The normalized spacial score (nSPS) is 11.8. The average molecular weight is 277 g/mol. The van der Waals surface area contributed by atoms with E-state index in [0.29, 0.717) is 5.13 Å². The molecular weight excluding hydrogens is 258 g/mol. The van der Waals surface area contributed by atoms with Crippen molar-refractivity contribution in [3.8, 4) is 0 Å². The lowest BCUT2D eigenvalue weighted by Gasteiger charge is -2.19. The van der Waals surface area contributed by atoms with E-state index < -0.39 is 5.41 Å². The minimum atomic E-state index is -0.415. The van der Waals surface area contributed by atoms with Gasteiger partial charge in [-0.3, -0.25) is 4.79 Å². The molecule has 0 fully saturated rings. The standard InChI is InChI=1S/C14H19N3OS/c1-7-8(2)11-10(19-13(15)17-11)6-9(7)16-12(18)14(3,4)5/h6H,1-5H3,(H2,15,17)(H,16,18). The quantitative estimate of drug-likeness (QED) is 0.838. The molecule has 0 bridgehead atoms. The number of hydrogen-bond donors (Lipinski definition) is 2. The summed E-state index contributed by atoms with van der Waals surface area (Å²) in [5.74, 6) is 0.00633. The molecule has 1 amide bonds. The van der Waals surface area contributed by atoms with Gasteiger partial charge < -0.3 is 11.1 Å². The Bertz CT molecular complexity index is 653. The Kier molecular flexibility index (Phi) is 3.26. The summed E-state index contributed by atoms with van der Waals surface area (Å²) >= 11 is 1.44. The van der Waals surface area contributed by atoms with Crippen LogP contribution in [0, 0.1) is 19.3 Å². The fourth-order valence-electron chi connectivity index (χ4n) is 1.77. The molecule has 0 radical (unpaired) electrons. The predicted molar refractivity (Wildman–Crippen MR) is 81.6 cm³/mol. The van der Waals surface area contributed by atoms with Crippen LogP contribution in [-0.4, -0.2) is 10.9 Å². The number of carbonyl (C=O) groups excluding carboxylic acids is 1. The van der Waals surface area contributed by atoms with E-state index in [2.05, 4.69) is 10.3 Å². The molecule has 1 aromatic carbocycles. The monoisotopic (exact) mass is 277 g/mol. The summed E-state index contributed by atoms with van der Waals surface area (Å²) in [4.78, 5) is 16.4. The van der Waals surface area contributed by atoms with Crippen LogP contribution in [0.2, 0.25) is 0 Å². The number of hydrogen-bond acceptors (Lipinski definition) is 4. The highest BCUT2D eigenvalue weighted by molar-refractivity contribution is 7.22. The highest BCUT2D eigenvalue weighted by Crippen LogP contribution is 2.33. The van der Waals surface area contributed by atoms with E-state index in [9.17, 15) is 4.79 Å². The topological polar surface area (TPSA) is 68.0 Å². The summed E-state index contributed by atoms with van der Waals surface area (Å²) in [7, 11) is 0. The number of nitrogens with two attached hydrogens (primary N) is 1. The molecule has 3 N–H and O–H groups in total. The lowest BCUT2D eigenvalue weighted by Crippen LogP contribution is -2.28. The van der Waals surface area contributed by atoms with Crippen LogP contribution in [0.25, 0.3) is 10.2 Å². The van der Waals surface area contributed by atoms with Gasteiger partial charge in [0.05, 0.1) is 10.2 Å². The summed E-state index contributed by atoms with van der Waals surface area (Å²) in [5.41, 5.74) is 9.20. The van der Waals surface area contributed by atoms with Crippen molar-refractivity contribution in [2.45, 2.75) is 34.6 Å². The zero-order valence-electron chi connectivity index (χ0n) is 11.9. The summed E-state index contributed by atoms with van der Waals surface area (Å²) < 4.78 is 1.00. The number of amides is 1. The predicted octanol–water partition coefficient (Wildman–Crippen LogP) is 3.48. The Balaban J connectivity index is 2.50. The van der Waals surface area contributed by atoms with E-state index in [4.69, 9.17) is 5.73 Å². The number of carbonyl (C=O) groups is 1. The molecule has 1 heterocycles. The molecule has 0 aliphatic carbocycles. The van der Waals surface area contributed by atoms with Crippen LogP contribution in [0.1, 0.15) is 31.9 Å². The number of nitrogens with zero attached hydrogens (tertiary/aromatic N) is 1. The van der Waals surface area contributed by atoms with Gasteiger partial charge in [-0.25, -0.2) is 4.98 Å². The zero-order chi connectivity index (χ0) is 14.4. The minimum Gasteiger partial charge on any atom is -0.375 e. The molecule has 0 saturated heterocycles. The highest BCUT2D eigenvalue weighted by atomic mass is 32.1. The van der Waals surface area contributed by atoms with E-state index in [1.807, 2.05) is 40.7 Å². The molecule has 4 nitrogen and oxygen atoms in total. The molecule has 0 saturated carbocycles. The summed E-state index contributed by atoms with van der Waals surface area (Å²) in [6.07, 6.45) is 0. The van der Waals surface area contributed by atoms with Gasteiger partial charge in [0.2, 0.25) is 5.91 Å². The summed E-state index contributed by atoms with van der Waals surface area (Å²) in [6, 6.07) is 1.95. The van der Waals surface area contributed by atoms with Gasteiger partial charge in [-0.15, -0.1) is 0 Å². The molecule has 0 unspecified atom stereocenters. The second-order valence-electron chi connectivity index (χ2n) is 5.78. The van der Waals surface area contributed by atoms with Crippen molar-refractivity contribution in [1.29, 1.82) is 0 Å². The third kappa shape index (κ3) is 2.56. The third-order valence-corrected chi connectivity index (χ3v) is 4.03. The number of thiazole rings is 1. The fourth-order valence-corrected chi connectivity index (χ4v) is 2.61. The van der Waals surface area contributed by atoms with Crippen LogP contribution in [0.3, 0.4) is 0 Å². The molecule has 1 aromatic heterocycles. The van der Waals surface area contributed by atoms with Crippen molar-refractivity contribution in [3.05, 3.63) is 17.2 Å². The molecule has 5 heteroatoms. The van der Waals surface area contributed by atoms with Crippen molar-refractivity contribution in [1.82, 2.24) is 4.98 Å². The Morgan fingerprint density at radius 1 is 1.32 bits per heavy atom. The van der Waals surface area contributed by atoms with Gasteiger partial charge >= 0.3 is 0 Å². The van der Waals surface area contributed by atoms with Gasteiger partial charge in [-0.1, -0.05) is 32.1 Å². The molecule has 19 heavy (non-hydrogen) atoms. The maximum Gasteiger partial charge on any atom is 0.229 e. The zero-order valence-corrected chi connectivity index (χ0v) is 12.7. The third-order valence-electron chi connectivity index (χ3n) is 3.20. The van der Waals surface area contributed by atoms with Gasteiger partial charge in [-0.05, 0) is 31.0 Å². The van der Waals surface area contributed by atoms with Gasteiger partial charge in [0, 0.05) is 11.1 Å². The lowest BCUT2D eigenvalue weighted by atomic mass is 9.95. The maximum atomic E-state index is 12.1. The van der Waals surface area contributed by atoms with Crippen molar-refractivity contribution in [3.63, 3.8) is 0 Å². The van der Waals surface area contributed by atoms with Crippen LogP contribution < -0.4 is 11.1 Å². The van der Waals surface area contributed by atoms with E-state index in [1.54, 1.807) is 0 Å². The second kappa shape index (κ2) is 4.49. The fraction of sp³-hybridized carbons (Fsp3) is 0.429. The maximum absolute atomic E-state index is 12.1. The number of aryl methyl sites for hydroxylation is 1. The number of nitrogens with one attached hydrogen (secondary N) is 1. The Morgan fingerprint density at radius 3 is 2.53 bits per heavy atom. The molecule has 0 atom stereocenters. The Labute approximate surface area is 117 Å². The Morgan fingerprint density at radius 2 is 1.95 bits per heavy atom. The average Bonchev–Trinajstić information content (AvgIpc) is 2.65.